The van der Waals surface area contributed by atoms with Crippen LogP contribution in [0.4, 0.5) is 0 Å². The van der Waals surface area contributed by atoms with Crippen LogP contribution in [0.5, 0.6) is 0 Å². The molecule has 0 aromatic heterocycles. The SMILES string of the molecule is CCC1(C)CCSC(=NCCN2CCSCC2)N1. The maximum absolute atomic E-state index is 4.74. The normalized spacial score (nSPS) is 32.4. The smallest absolute Gasteiger partial charge is 0.157 e. The van der Waals surface area contributed by atoms with Gasteiger partial charge in [-0.05, 0) is 19.8 Å². The van der Waals surface area contributed by atoms with Gasteiger partial charge >= 0.3 is 0 Å². The molecule has 18 heavy (non-hydrogen) atoms. The Kier molecular flexibility index (Phi) is 5.70. The molecule has 0 bridgehead atoms. The van der Waals surface area contributed by atoms with E-state index in [1.807, 2.05) is 11.8 Å². The van der Waals surface area contributed by atoms with E-state index in [4.69, 9.17) is 4.99 Å². The first-order valence-corrected chi connectivity index (χ1v) is 9.11. The minimum atomic E-state index is 0.270. The molecule has 5 heteroatoms. The number of thioether (sulfide) groups is 2. The molecule has 0 aromatic rings. The van der Waals surface area contributed by atoms with Crippen molar-refractivity contribution >= 4 is 28.7 Å². The van der Waals surface area contributed by atoms with Crippen molar-refractivity contribution in [3.05, 3.63) is 0 Å². The molecule has 3 nitrogen and oxygen atoms in total. The summed E-state index contributed by atoms with van der Waals surface area (Å²) in [5.41, 5.74) is 0.270. The molecule has 0 aliphatic carbocycles. The molecule has 1 N–H and O–H groups in total. The molecule has 0 spiro atoms. The molecule has 1 unspecified atom stereocenters. The van der Waals surface area contributed by atoms with Crippen molar-refractivity contribution in [1.29, 1.82) is 0 Å². The van der Waals surface area contributed by atoms with Gasteiger partial charge in [-0.1, -0.05) is 18.7 Å². The first-order chi connectivity index (χ1) is 8.72. The van der Waals surface area contributed by atoms with Gasteiger partial charge in [0, 0.05) is 42.4 Å². The van der Waals surface area contributed by atoms with Crippen molar-refractivity contribution in [2.24, 2.45) is 4.99 Å². The highest BCUT2D eigenvalue weighted by atomic mass is 32.2. The molecular weight excluding hydrogens is 262 g/mol. The topological polar surface area (TPSA) is 27.6 Å². The number of nitrogens with one attached hydrogen (secondary N) is 1. The molecule has 2 heterocycles. The van der Waals surface area contributed by atoms with Gasteiger partial charge in [-0.2, -0.15) is 11.8 Å². The predicted octanol–water partition coefficient (Wildman–Crippen LogP) is 2.29. The van der Waals surface area contributed by atoms with Crippen LogP contribution in [-0.4, -0.2) is 59.0 Å². The monoisotopic (exact) mass is 287 g/mol. The summed E-state index contributed by atoms with van der Waals surface area (Å²) in [5.74, 6) is 3.78. The summed E-state index contributed by atoms with van der Waals surface area (Å²) in [6.45, 7) is 9.11. The molecule has 2 rings (SSSR count). The van der Waals surface area contributed by atoms with Gasteiger partial charge in [-0.15, -0.1) is 0 Å². The largest absolute Gasteiger partial charge is 0.360 e. The number of hydrogen-bond acceptors (Lipinski definition) is 4. The summed E-state index contributed by atoms with van der Waals surface area (Å²) in [7, 11) is 0. The molecule has 2 aliphatic rings. The lowest BCUT2D eigenvalue weighted by Crippen LogP contribution is -2.48. The number of hydrogen-bond donors (Lipinski definition) is 1. The number of nitrogens with zero attached hydrogens (tertiary/aromatic N) is 2. The predicted molar refractivity (Wildman–Crippen MR) is 85.0 cm³/mol. The summed E-state index contributed by atoms with van der Waals surface area (Å²) in [6.07, 6.45) is 2.42. The first-order valence-electron chi connectivity index (χ1n) is 6.97. The summed E-state index contributed by atoms with van der Waals surface area (Å²) >= 11 is 3.95. The Labute approximate surface area is 120 Å². The third-order valence-corrected chi connectivity index (χ3v) is 5.71. The maximum Gasteiger partial charge on any atom is 0.157 e. The van der Waals surface area contributed by atoms with Crippen molar-refractivity contribution in [3.8, 4) is 0 Å². The average Bonchev–Trinajstić information content (AvgIpc) is 2.40. The molecule has 2 fully saturated rings. The Balaban J connectivity index is 1.74. The highest BCUT2D eigenvalue weighted by Crippen LogP contribution is 2.24. The fourth-order valence-corrected chi connectivity index (χ4v) is 4.42. The standard InChI is InChI=1S/C13H25N3S2/c1-3-13(2)4-9-18-12(15-13)14-5-6-16-7-10-17-11-8-16/h3-11H2,1-2H3,(H,14,15). The van der Waals surface area contributed by atoms with E-state index in [-0.39, 0.29) is 5.54 Å². The van der Waals surface area contributed by atoms with Crippen LogP contribution in [0.2, 0.25) is 0 Å². The van der Waals surface area contributed by atoms with Gasteiger partial charge in [-0.25, -0.2) is 0 Å². The van der Waals surface area contributed by atoms with Crippen LogP contribution in [0.1, 0.15) is 26.7 Å². The second-order valence-corrected chi connectivity index (χ2v) is 7.59. The van der Waals surface area contributed by atoms with E-state index in [1.165, 1.54) is 43.2 Å². The zero-order chi connectivity index (χ0) is 12.8. The molecule has 0 radical (unpaired) electrons. The van der Waals surface area contributed by atoms with E-state index >= 15 is 0 Å². The van der Waals surface area contributed by atoms with E-state index in [2.05, 4.69) is 35.8 Å². The van der Waals surface area contributed by atoms with E-state index in [0.717, 1.165) is 18.3 Å². The van der Waals surface area contributed by atoms with Crippen LogP contribution in [0.15, 0.2) is 4.99 Å². The Morgan fingerprint density at radius 3 is 2.83 bits per heavy atom. The second kappa shape index (κ2) is 7.06. The zero-order valence-electron chi connectivity index (χ0n) is 11.6. The van der Waals surface area contributed by atoms with E-state index in [9.17, 15) is 0 Å². The molecule has 2 saturated heterocycles. The Bertz CT molecular complexity index is 290. The minimum Gasteiger partial charge on any atom is -0.360 e. The Morgan fingerprint density at radius 1 is 1.33 bits per heavy atom. The molecule has 1 atom stereocenters. The lowest BCUT2D eigenvalue weighted by Gasteiger charge is -2.35. The van der Waals surface area contributed by atoms with Gasteiger partial charge in [0.25, 0.3) is 0 Å². The van der Waals surface area contributed by atoms with Gasteiger partial charge in [-0.3, -0.25) is 9.89 Å². The summed E-state index contributed by atoms with van der Waals surface area (Å²) in [5, 5.41) is 4.77. The fourth-order valence-electron chi connectivity index (χ4n) is 2.20. The summed E-state index contributed by atoms with van der Waals surface area (Å²) < 4.78 is 0. The number of rotatable bonds is 4. The van der Waals surface area contributed by atoms with Crippen molar-refractivity contribution < 1.29 is 0 Å². The van der Waals surface area contributed by atoms with Gasteiger partial charge in [0.05, 0.1) is 6.54 Å². The fraction of sp³-hybridized carbons (Fsp3) is 0.923. The van der Waals surface area contributed by atoms with Crippen molar-refractivity contribution in [1.82, 2.24) is 10.2 Å². The first kappa shape index (κ1) is 14.5. The summed E-state index contributed by atoms with van der Waals surface area (Å²) in [6, 6.07) is 0. The second-order valence-electron chi connectivity index (χ2n) is 5.28. The minimum absolute atomic E-state index is 0.270. The third kappa shape index (κ3) is 4.35. The molecule has 2 aliphatic heterocycles. The third-order valence-electron chi connectivity index (χ3n) is 3.86. The van der Waals surface area contributed by atoms with Crippen molar-refractivity contribution in [3.63, 3.8) is 0 Å². The van der Waals surface area contributed by atoms with Crippen molar-refractivity contribution in [2.75, 3.05) is 43.4 Å². The number of amidine groups is 1. The molecular formula is C13H25N3S2. The average molecular weight is 287 g/mol. The lowest BCUT2D eigenvalue weighted by atomic mass is 9.96. The van der Waals surface area contributed by atoms with Crippen LogP contribution in [-0.2, 0) is 0 Å². The van der Waals surface area contributed by atoms with Crippen molar-refractivity contribution in [2.45, 2.75) is 32.2 Å². The molecule has 104 valence electrons. The van der Waals surface area contributed by atoms with Gasteiger partial charge in [0.15, 0.2) is 5.17 Å². The zero-order valence-corrected chi connectivity index (χ0v) is 13.2. The highest BCUT2D eigenvalue weighted by Gasteiger charge is 2.27. The van der Waals surface area contributed by atoms with E-state index < -0.39 is 0 Å². The van der Waals surface area contributed by atoms with Crippen LogP contribution >= 0.6 is 23.5 Å². The van der Waals surface area contributed by atoms with Gasteiger partial charge in [0.2, 0.25) is 0 Å². The van der Waals surface area contributed by atoms with Crippen LogP contribution in [0.3, 0.4) is 0 Å². The van der Waals surface area contributed by atoms with Crippen LogP contribution in [0.25, 0.3) is 0 Å². The Hall–Kier alpha value is 0.130. The van der Waals surface area contributed by atoms with E-state index in [1.54, 1.807) is 0 Å². The van der Waals surface area contributed by atoms with E-state index in [0.29, 0.717) is 0 Å². The van der Waals surface area contributed by atoms with Gasteiger partial charge < -0.3 is 5.32 Å². The molecule has 0 amide bonds. The number of aliphatic imine (C=N–C) groups is 1. The Morgan fingerprint density at radius 2 is 2.11 bits per heavy atom. The maximum atomic E-state index is 4.74. The lowest BCUT2D eigenvalue weighted by molar-refractivity contribution is 0.311. The highest BCUT2D eigenvalue weighted by molar-refractivity contribution is 8.13. The quantitative estimate of drug-likeness (QED) is 0.858. The van der Waals surface area contributed by atoms with Gasteiger partial charge in [0.1, 0.15) is 0 Å². The molecule has 0 aromatic carbocycles. The molecule has 0 saturated carbocycles. The summed E-state index contributed by atoms with van der Waals surface area (Å²) in [4.78, 5) is 7.28. The van der Waals surface area contributed by atoms with Crippen LogP contribution < -0.4 is 5.32 Å². The van der Waals surface area contributed by atoms with Crippen LogP contribution in [0, 0.1) is 0 Å².